The van der Waals surface area contributed by atoms with Crippen LogP contribution in [0.4, 0.5) is 0 Å². The van der Waals surface area contributed by atoms with E-state index in [1.54, 1.807) is 6.20 Å². The van der Waals surface area contributed by atoms with Crippen LogP contribution < -0.4 is 0 Å². The third-order valence-electron chi connectivity index (χ3n) is 5.19. The molecule has 136 valence electrons. The van der Waals surface area contributed by atoms with Gasteiger partial charge in [-0.2, -0.15) is 0 Å². The molecular formula is C23H19N5. The number of aryl methyl sites for hydroxylation is 1. The standard InChI is InChI=1S/C23H19N5/c1-15-8-9-19(13-24-15)18-10-11-21-20(12-18)23-22(14-25-21)26-27-28(23)16(2)17-6-4-3-5-7-17/h3-14,16H,1-2H3/t16-/m1/s1. The molecule has 1 atom stereocenters. The molecule has 0 fully saturated rings. The molecule has 3 aromatic heterocycles. The number of benzene rings is 2. The van der Waals surface area contributed by atoms with Gasteiger partial charge in [-0.1, -0.05) is 47.7 Å². The van der Waals surface area contributed by atoms with Crippen molar-refractivity contribution >= 4 is 21.9 Å². The van der Waals surface area contributed by atoms with Gasteiger partial charge in [0.15, 0.2) is 0 Å². The van der Waals surface area contributed by atoms with Crippen LogP contribution in [0.5, 0.6) is 0 Å². The van der Waals surface area contributed by atoms with E-state index in [0.29, 0.717) is 0 Å². The zero-order valence-corrected chi connectivity index (χ0v) is 15.7. The van der Waals surface area contributed by atoms with Crippen LogP contribution in [0.3, 0.4) is 0 Å². The topological polar surface area (TPSA) is 56.5 Å². The predicted molar refractivity (Wildman–Crippen MR) is 111 cm³/mol. The fourth-order valence-corrected chi connectivity index (χ4v) is 3.59. The Balaban J connectivity index is 1.73. The van der Waals surface area contributed by atoms with Gasteiger partial charge in [0.05, 0.1) is 17.8 Å². The summed E-state index contributed by atoms with van der Waals surface area (Å²) >= 11 is 0. The number of hydrogen-bond donors (Lipinski definition) is 0. The molecule has 0 saturated heterocycles. The lowest BCUT2D eigenvalue weighted by Crippen LogP contribution is -2.08. The van der Waals surface area contributed by atoms with E-state index in [9.17, 15) is 0 Å². The fourth-order valence-electron chi connectivity index (χ4n) is 3.59. The maximum Gasteiger partial charge on any atom is 0.132 e. The van der Waals surface area contributed by atoms with Crippen molar-refractivity contribution in [2.24, 2.45) is 0 Å². The van der Waals surface area contributed by atoms with Gasteiger partial charge in [-0.05, 0) is 43.2 Å². The van der Waals surface area contributed by atoms with Crippen LogP contribution in [0.15, 0.2) is 73.1 Å². The van der Waals surface area contributed by atoms with E-state index in [0.717, 1.165) is 38.8 Å². The first-order chi connectivity index (χ1) is 13.7. The zero-order chi connectivity index (χ0) is 19.1. The molecular weight excluding hydrogens is 346 g/mol. The summed E-state index contributed by atoms with van der Waals surface area (Å²) in [5.41, 5.74) is 7.12. The number of fused-ring (bicyclic) bond motifs is 3. The van der Waals surface area contributed by atoms with Crippen molar-refractivity contribution in [2.75, 3.05) is 0 Å². The Morgan fingerprint density at radius 2 is 1.64 bits per heavy atom. The number of pyridine rings is 2. The summed E-state index contributed by atoms with van der Waals surface area (Å²) in [6.45, 7) is 4.14. The van der Waals surface area contributed by atoms with Gasteiger partial charge in [-0.3, -0.25) is 9.97 Å². The average Bonchev–Trinajstić information content (AvgIpc) is 3.19. The van der Waals surface area contributed by atoms with E-state index in [1.807, 2.05) is 42.1 Å². The predicted octanol–water partition coefficient (Wildman–Crippen LogP) is 4.96. The average molecular weight is 365 g/mol. The second-order valence-corrected chi connectivity index (χ2v) is 7.03. The fraction of sp³-hybridized carbons (Fsp3) is 0.130. The van der Waals surface area contributed by atoms with Crippen LogP contribution in [0, 0.1) is 6.92 Å². The van der Waals surface area contributed by atoms with Gasteiger partial charge < -0.3 is 0 Å². The van der Waals surface area contributed by atoms with Gasteiger partial charge in [0, 0.05) is 22.8 Å². The molecule has 0 saturated carbocycles. The van der Waals surface area contributed by atoms with Crippen molar-refractivity contribution in [3.05, 3.63) is 84.3 Å². The molecule has 5 nitrogen and oxygen atoms in total. The molecule has 0 radical (unpaired) electrons. The molecule has 2 aromatic carbocycles. The molecule has 0 amide bonds. The smallest absolute Gasteiger partial charge is 0.132 e. The van der Waals surface area contributed by atoms with Crippen molar-refractivity contribution in [2.45, 2.75) is 19.9 Å². The Bertz CT molecular complexity index is 1270. The highest BCUT2D eigenvalue weighted by Crippen LogP contribution is 2.30. The van der Waals surface area contributed by atoms with E-state index < -0.39 is 0 Å². The van der Waals surface area contributed by atoms with Crippen molar-refractivity contribution in [3.8, 4) is 11.1 Å². The lowest BCUT2D eigenvalue weighted by atomic mass is 10.0. The van der Waals surface area contributed by atoms with E-state index >= 15 is 0 Å². The molecule has 0 N–H and O–H groups in total. The maximum absolute atomic E-state index is 4.57. The summed E-state index contributed by atoms with van der Waals surface area (Å²) in [6.07, 6.45) is 3.71. The molecule has 28 heavy (non-hydrogen) atoms. The Morgan fingerprint density at radius 1 is 0.821 bits per heavy atom. The van der Waals surface area contributed by atoms with Crippen LogP contribution in [0.1, 0.15) is 24.2 Å². The molecule has 0 bridgehead atoms. The van der Waals surface area contributed by atoms with E-state index in [4.69, 9.17) is 0 Å². The summed E-state index contributed by atoms with van der Waals surface area (Å²) in [4.78, 5) is 9.00. The van der Waals surface area contributed by atoms with Crippen LogP contribution in [0.25, 0.3) is 33.1 Å². The van der Waals surface area contributed by atoms with Gasteiger partial charge >= 0.3 is 0 Å². The minimum Gasteiger partial charge on any atom is -0.261 e. The minimum atomic E-state index is 0.0708. The third-order valence-corrected chi connectivity index (χ3v) is 5.19. The quantitative estimate of drug-likeness (QED) is 0.453. The molecule has 0 aliphatic carbocycles. The van der Waals surface area contributed by atoms with Gasteiger partial charge in [-0.15, -0.1) is 5.10 Å². The largest absolute Gasteiger partial charge is 0.261 e. The molecule has 5 rings (SSSR count). The Kier molecular flexibility index (Phi) is 3.86. The second-order valence-electron chi connectivity index (χ2n) is 7.03. The number of aromatic nitrogens is 5. The summed E-state index contributed by atoms with van der Waals surface area (Å²) in [6, 6.07) is 20.8. The first-order valence-electron chi connectivity index (χ1n) is 9.32. The lowest BCUT2D eigenvalue weighted by Gasteiger charge is -2.14. The molecule has 0 unspecified atom stereocenters. The molecule has 5 heteroatoms. The van der Waals surface area contributed by atoms with Crippen LogP contribution in [0.2, 0.25) is 0 Å². The van der Waals surface area contributed by atoms with Crippen molar-refractivity contribution in [1.82, 2.24) is 25.0 Å². The van der Waals surface area contributed by atoms with Crippen LogP contribution >= 0.6 is 0 Å². The summed E-state index contributed by atoms with van der Waals surface area (Å²) in [7, 11) is 0. The van der Waals surface area contributed by atoms with Crippen LogP contribution in [-0.4, -0.2) is 25.0 Å². The second kappa shape index (κ2) is 6.53. The maximum atomic E-state index is 4.57. The van der Waals surface area contributed by atoms with Crippen molar-refractivity contribution < 1.29 is 0 Å². The Labute approximate surface area is 162 Å². The Morgan fingerprint density at radius 3 is 2.43 bits per heavy atom. The van der Waals surface area contributed by atoms with Crippen molar-refractivity contribution in [3.63, 3.8) is 0 Å². The van der Waals surface area contributed by atoms with Gasteiger partial charge in [0.2, 0.25) is 0 Å². The van der Waals surface area contributed by atoms with Gasteiger partial charge in [0.25, 0.3) is 0 Å². The van der Waals surface area contributed by atoms with Crippen LogP contribution in [-0.2, 0) is 0 Å². The highest BCUT2D eigenvalue weighted by Gasteiger charge is 2.16. The third kappa shape index (κ3) is 2.72. The molecule has 0 aliphatic rings. The summed E-state index contributed by atoms with van der Waals surface area (Å²) < 4.78 is 1.99. The first kappa shape index (κ1) is 16.6. The molecule has 0 aliphatic heterocycles. The lowest BCUT2D eigenvalue weighted by molar-refractivity contribution is 0.561. The molecule has 5 aromatic rings. The highest BCUT2D eigenvalue weighted by molar-refractivity contribution is 6.03. The van der Waals surface area contributed by atoms with Gasteiger partial charge in [0.1, 0.15) is 11.0 Å². The van der Waals surface area contributed by atoms with E-state index in [2.05, 4.69) is 63.6 Å². The van der Waals surface area contributed by atoms with Gasteiger partial charge in [-0.25, -0.2) is 4.68 Å². The number of hydrogen-bond acceptors (Lipinski definition) is 4. The zero-order valence-electron chi connectivity index (χ0n) is 15.7. The number of nitrogens with zero attached hydrogens (tertiary/aromatic N) is 5. The summed E-state index contributed by atoms with van der Waals surface area (Å²) in [5.74, 6) is 0. The van der Waals surface area contributed by atoms with E-state index in [-0.39, 0.29) is 6.04 Å². The Hall–Kier alpha value is -3.60. The monoisotopic (exact) mass is 365 g/mol. The van der Waals surface area contributed by atoms with E-state index in [1.165, 1.54) is 5.56 Å². The molecule has 3 heterocycles. The SMILES string of the molecule is Cc1ccc(-c2ccc3ncc4nnn([C@H](C)c5ccccc5)c4c3c2)cn1. The summed E-state index contributed by atoms with van der Waals surface area (Å²) in [5, 5.41) is 9.86. The normalized spacial score (nSPS) is 12.5. The highest BCUT2D eigenvalue weighted by atomic mass is 15.4. The first-order valence-corrected chi connectivity index (χ1v) is 9.32. The molecule has 0 spiro atoms. The van der Waals surface area contributed by atoms with Crippen molar-refractivity contribution in [1.29, 1.82) is 0 Å². The minimum absolute atomic E-state index is 0.0708. The number of rotatable bonds is 3.